The lowest BCUT2D eigenvalue weighted by Gasteiger charge is -2.29. The molecule has 1 fully saturated rings. The maximum absolute atomic E-state index is 5.87. The van der Waals surface area contributed by atoms with Crippen molar-refractivity contribution in [3.8, 4) is 5.75 Å². The van der Waals surface area contributed by atoms with E-state index in [9.17, 15) is 0 Å². The van der Waals surface area contributed by atoms with Gasteiger partial charge in [0.15, 0.2) is 0 Å². The Hall–Kier alpha value is -1.06. The largest absolute Gasteiger partial charge is 0.493 e. The molecule has 0 saturated carbocycles. The van der Waals surface area contributed by atoms with Crippen LogP contribution in [0.1, 0.15) is 24.0 Å². The molecular weight excluding hydrogens is 202 g/mol. The van der Waals surface area contributed by atoms with Crippen molar-refractivity contribution in [3.63, 3.8) is 0 Å². The van der Waals surface area contributed by atoms with Crippen LogP contribution in [-0.4, -0.2) is 25.8 Å². The fraction of sp³-hybridized carbons (Fsp3) is 0.538. The zero-order valence-corrected chi connectivity index (χ0v) is 9.53. The fourth-order valence-electron chi connectivity index (χ4n) is 2.71. The van der Waals surface area contributed by atoms with Crippen molar-refractivity contribution < 1.29 is 9.47 Å². The number of benzene rings is 1. The smallest absolute Gasteiger partial charge is 0.125 e. The Morgan fingerprint density at radius 2 is 2.38 bits per heavy atom. The molecule has 1 aromatic carbocycles. The summed E-state index contributed by atoms with van der Waals surface area (Å²) in [4.78, 5) is 0. The lowest BCUT2D eigenvalue weighted by molar-refractivity contribution is 0.0283. The van der Waals surface area contributed by atoms with E-state index < -0.39 is 0 Å². The lowest BCUT2D eigenvalue weighted by atomic mass is 9.89. The van der Waals surface area contributed by atoms with E-state index in [2.05, 4.69) is 17.4 Å². The quantitative estimate of drug-likeness (QED) is 0.820. The molecule has 3 rings (SSSR count). The molecule has 2 aliphatic rings. The maximum atomic E-state index is 5.87. The summed E-state index contributed by atoms with van der Waals surface area (Å²) >= 11 is 0. The van der Waals surface area contributed by atoms with Gasteiger partial charge in [0.1, 0.15) is 5.75 Å². The zero-order chi connectivity index (χ0) is 11.0. The van der Waals surface area contributed by atoms with Gasteiger partial charge in [0.25, 0.3) is 0 Å². The van der Waals surface area contributed by atoms with Gasteiger partial charge in [0.05, 0.1) is 19.3 Å². The summed E-state index contributed by atoms with van der Waals surface area (Å²) in [5, 5.41) is 3.39. The first kappa shape index (κ1) is 10.1. The third-order valence-electron chi connectivity index (χ3n) is 3.47. The summed E-state index contributed by atoms with van der Waals surface area (Å²) in [5.41, 5.74) is 2.65. The summed E-state index contributed by atoms with van der Waals surface area (Å²) in [7, 11) is 0. The average molecular weight is 219 g/mol. The fourth-order valence-corrected chi connectivity index (χ4v) is 2.71. The molecule has 0 radical (unpaired) electrons. The van der Waals surface area contributed by atoms with Crippen LogP contribution in [0.15, 0.2) is 18.2 Å². The van der Waals surface area contributed by atoms with Crippen molar-refractivity contribution >= 4 is 0 Å². The maximum Gasteiger partial charge on any atom is 0.125 e. The average Bonchev–Trinajstić information content (AvgIpc) is 2.78. The molecule has 3 heteroatoms. The van der Waals surface area contributed by atoms with Gasteiger partial charge in [-0.25, -0.2) is 0 Å². The van der Waals surface area contributed by atoms with Gasteiger partial charge < -0.3 is 14.8 Å². The second-order valence-electron chi connectivity index (χ2n) is 4.37. The normalized spacial score (nSPS) is 27.3. The minimum Gasteiger partial charge on any atom is -0.493 e. The Bertz CT molecular complexity index is 392. The highest BCUT2D eigenvalue weighted by molar-refractivity contribution is 5.44. The molecule has 2 aliphatic heterocycles. The Morgan fingerprint density at radius 1 is 1.44 bits per heavy atom. The SMILES string of the molecule is CCOc1cccc2c1COC1CNCC21. The second-order valence-corrected chi connectivity index (χ2v) is 4.37. The molecule has 86 valence electrons. The number of ether oxygens (including phenoxy) is 2. The Kier molecular flexibility index (Phi) is 2.58. The molecule has 1 aromatic rings. The van der Waals surface area contributed by atoms with E-state index in [1.54, 1.807) is 0 Å². The van der Waals surface area contributed by atoms with Crippen LogP contribution in [0.3, 0.4) is 0 Å². The van der Waals surface area contributed by atoms with E-state index in [1.807, 2.05) is 13.0 Å². The molecule has 1 saturated heterocycles. The second kappa shape index (κ2) is 4.07. The lowest BCUT2D eigenvalue weighted by Crippen LogP contribution is -2.27. The highest BCUT2D eigenvalue weighted by atomic mass is 16.5. The van der Waals surface area contributed by atoms with Crippen LogP contribution in [-0.2, 0) is 11.3 Å². The van der Waals surface area contributed by atoms with E-state index in [-0.39, 0.29) is 0 Å². The van der Waals surface area contributed by atoms with Crippen molar-refractivity contribution in [3.05, 3.63) is 29.3 Å². The van der Waals surface area contributed by atoms with E-state index in [4.69, 9.17) is 9.47 Å². The number of hydrogen-bond acceptors (Lipinski definition) is 3. The molecule has 2 atom stereocenters. The standard InChI is InChI=1S/C13H17NO2/c1-2-15-12-5-3-4-9-10-6-14-7-13(10)16-8-11(9)12/h3-5,10,13-14H,2,6-8H2,1H3. The Balaban J connectivity index is 2.00. The van der Waals surface area contributed by atoms with Crippen molar-refractivity contribution in [2.45, 2.75) is 25.6 Å². The van der Waals surface area contributed by atoms with Crippen LogP contribution >= 0.6 is 0 Å². The number of nitrogens with one attached hydrogen (secondary N) is 1. The highest BCUT2D eigenvalue weighted by Gasteiger charge is 2.35. The van der Waals surface area contributed by atoms with E-state index >= 15 is 0 Å². The number of fused-ring (bicyclic) bond motifs is 3. The molecule has 0 aliphatic carbocycles. The van der Waals surface area contributed by atoms with Gasteiger partial charge in [-0.1, -0.05) is 12.1 Å². The summed E-state index contributed by atoms with van der Waals surface area (Å²) in [6.07, 6.45) is 0.351. The van der Waals surface area contributed by atoms with Crippen LogP contribution in [0, 0.1) is 0 Å². The van der Waals surface area contributed by atoms with Crippen molar-refractivity contribution in [1.29, 1.82) is 0 Å². The van der Waals surface area contributed by atoms with Crippen LogP contribution in [0.25, 0.3) is 0 Å². The van der Waals surface area contributed by atoms with E-state index in [1.165, 1.54) is 11.1 Å². The monoisotopic (exact) mass is 219 g/mol. The highest BCUT2D eigenvalue weighted by Crippen LogP contribution is 2.37. The first-order chi connectivity index (χ1) is 7.90. The van der Waals surface area contributed by atoms with Crippen LogP contribution in [0.5, 0.6) is 5.75 Å². The van der Waals surface area contributed by atoms with E-state index in [0.29, 0.717) is 25.2 Å². The molecular formula is C13H17NO2. The molecule has 0 aromatic heterocycles. The molecule has 3 nitrogen and oxygen atoms in total. The minimum atomic E-state index is 0.351. The van der Waals surface area contributed by atoms with Gasteiger partial charge >= 0.3 is 0 Å². The predicted molar refractivity (Wildman–Crippen MR) is 61.8 cm³/mol. The van der Waals surface area contributed by atoms with Gasteiger partial charge in [0, 0.05) is 24.6 Å². The predicted octanol–water partition coefficient (Wildman–Crippen LogP) is 1.67. The van der Waals surface area contributed by atoms with Crippen molar-refractivity contribution in [2.75, 3.05) is 19.7 Å². The summed E-state index contributed by atoms with van der Waals surface area (Å²) < 4.78 is 11.5. The molecule has 0 spiro atoms. The van der Waals surface area contributed by atoms with Gasteiger partial charge in [-0.3, -0.25) is 0 Å². The molecule has 16 heavy (non-hydrogen) atoms. The van der Waals surface area contributed by atoms with E-state index in [0.717, 1.165) is 18.8 Å². The van der Waals surface area contributed by atoms with Crippen molar-refractivity contribution in [2.24, 2.45) is 0 Å². The number of rotatable bonds is 2. The van der Waals surface area contributed by atoms with Crippen LogP contribution in [0.2, 0.25) is 0 Å². The van der Waals surface area contributed by atoms with Crippen LogP contribution in [0.4, 0.5) is 0 Å². The Labute approximate surface area is 95.8 Å². The van der Waals surface area contributed by atoms with Gasteiger partial charge in [-0.15, -0.1) is 0 Å². The van der Waals surface area contributed by atoms with Crippen molar-refractivity contribution in [1.82, 2.24) is 5.32 Å². The summed E-state index contributed by atoms with van der Waals surface area (Å²) in [6, 6.07) is 6.34. The summed E-state index contributed by atoms with van der Waals surface area (Å²) in [6.45, 7) is 5.41. The zero-order valence-electron chi connectivity index (χ0n) is 9.53. The van der Waals surface area contributed by atoms with Gasteiger partial charge in [-0.05, 0) is 18.6 Å². The first-order valence-electron chi connectivity index (χ1n) is 5.97. The van der Waals surface area contributed by atoms with Crippen LogP contribution < -0.4 is 10.1 Å². The molecule has 0 bridgehead atoms. The van der Waals surface area contributed by atoms with Gasteiger partial charge in [-0.2, -0.15) is 0 Å². The topological polar surface area (TPSA) is 30.5 Å². The molecule has 2 heterocycles. The minimum absolute atomic E-state index is 0.351. The van der Waals surface area contributed by atoms with Gasteiger partial charge in [0.2, 0.25) is 0 Å². The first-order valence-corrected chi connectivity index (χ1v) is 5.97. The molecule has 2 unspecified atom stereocenters. The third-order valence-corrected chi connectivity index (χ3v) is 3.47. The number of hydrogen-bond donors (Lipinski definition) is 1. The third kappa shape index (κ3) is 1.51. The Morgan fingerprint density at radius 3 is 3.25 bits per heavy atom. The molecule has 1 N–H and O–H groups in total. The molecule has 0 amide bonds. The summed E-state index contributed by atoms with van der Waals surface area (Å²) in [5.74, 6) is 1.49.